The molecule has 0 bridgehead atoms. The zero-order chi connectivity index (χ0) is 22.9. The molecule has 32 heavy (non-hydrogen) atoms. The van der Waals surface area contributed by atoms with Crippen molar-refractivity contribution in [3.8, 4) is 0 Å². The van der Waals surface area contributed by atoms with Crippen LogP contribution in [0.1, 0.15) is 52.0 Å². The molecule has 3 rings (SSSR count). The van der Waals surface area contributed by atoms with E-state index in [1.54, 1.807) is 23.5 Å². The van der Waals surface area contributed by atoms with Crippen molar-refractivity contribution in [2.75, 3.05) is 13.2 Å². The largest absolute Gasteiger partial charge is 0.452 e. The number of hydrogen-bond donors (Lipinski definition) is 1. The maximum Gasteiger partial charge on any atom is 0.339 e. The number of thiazole rings is 1. The highest BCUT2D eigenvalue weighted by molar-refractivity contribution is 7.98. The Bertz CT molecular complexity index is 1050. The van der Waals surface area contributed by atoms with Gasteiger partial charge in [0.1, 0.15) is 0 Å². The van der Waals surface area contributed by atoms with Gasteiger partial charge in [-0.2, -0.15) is 0 Å². The minimum atomic E-state index is -0.498. The van der Waals surface area contributed by atoms with Gasteiger partial charge in [0.2, 0.25) is 0 Å². The summed E-state index contributed by atoms with van der Waals surface area (Å²) in [7, 11) is 0. The molecule has 0 fully saturated rings. The Kier molecular flexibility index (Phi) is 8.88. The van der Waals surface area contributed by atoms with Gasteiger partial charge in [0.15, 0.2) is 6.61 Å². The number of aromatic nitrogens is 1. The van der Waals surface area contributed by atoms with E-state index in [0.717, 1.165) is 27.6 Å². The number of carbonyl (C=O) groups is 2. The lowest BCUT2D eigenvalue weighted by atomic mass is 10.0. The van der Waals surface area contributed by atoms with Gasteiger partial charge in [0.25, 0.3) is 5.91 Å². The van der Waals surface area contributed by atoms with Crippen LogP contribution in [0.2, 0.25) is 0 Å². The maximum atomic E-state index is 12.5. The maximum absolute atomic E-state index is 12.5. The van der Waals surface area contributed by atoms with E-state index >= 15 is 0 Å². The molecular weight excluding hydrogens is 440 g/mol. The minimum absolute atomic E-state index is 0.296. The first-order valence-corrected chi connectivity index (χ1v) is 12.4. The summed E-state index contributed by atoms with van der Waals surface area (Å²) >= 11 is 3.14. The summed E-state index contributed by atoms with van der Waals surface area (Å²) < 4.78 is 5.25. The molecule has 0 radical (unpaired) electrons. The molecule has 0 atom stereocenters. The lowest BCUT2D eigenvalue weighted by molar-refractivity contribution is -0.124. The molecule has 0 saturated heterocycles. The third-order valence-electron chi connectivity index (χ3n) is 4.87. The molecule has 1 amide bonds. The fourth-order valence-corrected chi connectivity index (χ4v) is 4.71. The van der Waals surface area contributed by atoms with Gasteiger partial charge in [-0.05, 0) is 42.5 Å². The molecule has 0 unspecified atom stereocenters. The van der Waals surface area contributed by atoms with Gasteiger partial charge in [0, 0.05) is 22.6 Å². The number of benzene rings is 2. The van der Waals surface area contributed by atoms with E-state index < -0.39 is 5.97 Å². The van der Waals surface area contributed by atoms with E-state index in [1.807, 2.05) is 24.4 Å². The van der Waals surface area contributed by atoms with Crippen LogP contribution in [0.5, 0.6) is 0 Å². The predicted molar refractivity (Wildman–Crippen MR) is 130 cm³/mol. The molecule has 1 aromatic heterocycles. The lowest BCUT2D eigenvalue weighted by Crippen LogP contribution is -2.30. The number of hydrogen-bond acceptors (Lipinski definition) is 6. The van der Waals surface area contributed by atoms with Crippen LogP contribution in [0.25, 0.3) is 0 Å². The molecule has 1 heterocycles. The van der Waals surface area contributed by atoms with Gasteiger partial charge < -0.3 is 10.1 Å². The molecule has 0 spiro atoms. The number of rotatable bonds is 10. The van der Waals surface area contributed by atoms with Crippen LogP contribution in [0.4, 0.5) is 0 Å². The number of carbonyl (C=O) groups excluding carboxylic acids is 2. The van der Waals surface area contributed by atoms with E-state index in [0.29, 0.717) is 23.8 Å². The van der Waals surface area contributed by atoms with Gasteiger partial charge in [-0.3, -0.25) is 4.79 Å². The van der Waals surface area contributed by atoms with Crippen molar-refractivity contribution in [3.05, 3.63) is 81.3 Å². The zero-order valence-electron chi connectivity index (χ0n) is 18.6. The van der Waals surface area contributed by atoms with Crippen molar-refractivity contribution in [1.29, 1.82) is 0 Å². The minimum Gasteiger partial charge on any atom is -0.452 e. The molecule has 0 aliphatic rings. The van der Waals surface area contributed by atoms with Crippen molar-refractivity contribution >= 4 is 35.0 Å². The van der Waals surface area contributed by atoms with E-state index in [4.69, 9.17) is 4.74 Å². The van der Waals surface area contributed by atoms with Crippen LogP contribution in [0.15, 0.2) is 58.8 Å². The predicted octanol–water partition coefficient (Wildman–Crippen LogP) is 5.38. The van der Waals surface area contributed by atoms with E-state index in [1.165, 1.54) is 17.3 Å². The third-order valence-corrected chi connectivity index (χ3v) is 6.80. The van der Waals surface area contributed by atoms with E-state index in [9.17, 15) is 9.59 Å². The van der Waals surface area contributed by atoms with Crippen molar-refractivity contribution in [2.24, 2.45) is 0 Å². The van der Waals surface area contributed by atoms with Crippen LogP contribution >= 0.6 is 23.1 Å². The molecule has 3 aromatic rings. The molecule has 5 nitrogen and oxygen atoms in total. The van der Waals surface area contributed by atoms with Crippen LogP contribution in [-0.2, 0) is 21.7 Å². The second-order valence-corrected chi connectivity index (χ2v) is 9.79. The van der Waals surface area contributed by atoms with Crippen LogP contribution in [0, 0.1) is 6.92 Å². The smallest absolute Gasteiger partial charge is 0.339 e. The Morgan fingerprint density at radius 3 is 2.56 bits per heavy atom. The highest BCUT2D eigenvalue weighted by Gasteiger charge is 2.15. The summed E-state index contributed by atoms with van der Waals surface area (Å²) in [6.45, 7) is 6.49. The molecule has 7 heteroatoms. The number of aryl methyl sites for hydroxylation is 1. The number of nitrogens with zero attached hydrogens (tertiary/aromatic N) is 1. The van der Waals surface area contributed by atoms with Crippen molar-refractivity contribution < 1.29 is 14.3 Å². The van der Waals surface area contributed by atoms with Crippen molar-refractivity contribution in [1.82, 2.24) is 10.3 Å². The number of nitrogens with one attached hydrogen (secondary N) is 1. The number of esters is 1. The first-order chi connectivity index (χ1) is 15.4. The molecule has 2 aromatic carbocycles. The van der Waals surface area contributed by atoms with Crippen molar-refractivity contribution in [2.45, 2.75) is 43.8 Å². The molecular formula is C25H28N2O3S2. The van der Waals surface area contributed by atoms with Crippen LogP contribution in [0.3, 0.4) is 0 Å². The quantitative estimate of drug-likeness (QED) is 0.319. The Hall–Kier alpha value is -2.64. The highest BCUT2D eigenvalue weighted by atomic mass is 32.2. The first-order valence-electron chi connectivity index (χ1n) is 10.6. The summed E-state index contributed by atoms with van der Waals surface area (Å²) in [6, 6.07) is 15.7. The number of thioether (sulfide) groups is 1. The van der Waals surface area contributed by atoms with E-state index in [-0.39, 0.29) is 12.5 Å². The monoisotopic (exact) mass is 468 g/mol. The van der Waals surface area contributed by atoms with Gasteiger partial charge in [-0.1, -0.05) is 50.2 Å². The normalized spacial score (nSPS) is 10.9. The van der Waals surface area contributed by atoms with E-state index in [2.05, 4.69) is 48.4 Å². The summed E-state index contributed by atoms with van der Waals surface area (Å²) in [4.78, 5) is 29.9. The fourth-order valence-electron chi connectivity index (χ4n) is 3.06. The molecule has 0 aliphatic carbocycles. The molecule has 168 valence electrons. The summed E-state index contributed by atoms with van der Waals surface area (Å²) in [6.07, 6.45) is 0.730. The topological polar surface area (TPSA) is 68.3 Å². The van der Waals surface area contributed by atoms with Crippen molar-refractivity contribution in [3.63, 3.8) is 0 Å². The van der Waals surface area contributed by atoms with Crippen LogP contribution in [-0.4, -0.2) is 30.0 Å². The Morgan fingerprint density at radius 2 is 1.88 bits per heavy atom. The lowest BCUT2D eigenvalue weighted by Gasteiger charge is -2.10. The Morgan fingerprint density at radius 1 is 1.12 bits per heavy atom. The first kappa shape index (κ1) is 24.0. The summed E-state index contributed by atoms with van der Waals surface area (Å²) in [5.41, 5.74) is 3.90. The molecule has 0 saturated carbocycles. The van der Waals surface area contributed by atoms with Gasteiger partial charge >= 0.3 is 5.97 Å². The molecule has 1 N–H and O–H groups in total. The van der Waals surface area contributed by atoms with Gasteiger partial charge in [0.05, 0.1) is 16.3 Å². The highest BCUT2D eigenvalue weighted by Crippen LogP contribution is 2.27. The Labute approximate surface area is 197 Å². The van der Waals surface area contributed by atoms with Gasteiger partial charge in [-0.25, -0.2) is 9.78 Å². The van der Waals surface area contributed by atoms with Gasteiger partial charge in [-0.15, -0.1) is 23.1 Å². The third kappa shape index (κ3) is 7.21. The SMILES string of the molecule is Cc1nc(CSc2ccccc2C(=O)OCC(=O)NCCc2ccc(C(C)C)cc2)cs1. The average molecular weight is 469 g/mol. The summed E-state index contributed by atoms with van der Waals surface area (Å²) in [5, 5.41) is 5.85. The second kappa shape index (κ2) is 11.8. The average Bonchev–Trinajstić information content (AvgIpc) is 3.21. The number of amides is 1. The van der Waals surface area contributed by atoms with Crippen LogP contribution < -0.4 is 5.32 Å². The summed E-state index contributed by atoms with van der Waals surface area (Å²) in [5.74, 6) is 0.369. The standard InChI is InChI=1S/C25H28N2O3S2/c1-17(2)20-10-8-19(9-11-20)12-13-26-24(28)14-30-25(29)22-6-4-5-7-23(22)32-16-21-15-31-18(3)27-21/h4-11,15,17H,12-14,16H2,1-3H3,(H,26,28). The second-order valence-electron chi connectivity index (χ2n) is 7.72. The molecule has 0 aliphatic heterocycles. The number of ether oxygens (including phenoxy) is 1. The zero-order valence-corrected chi connectivity index (χ0v) is 20.2. The Balaban J connectivity index is 1.44. The fraction of sp³-hybridized carbons (Fsp3) is 0.320.